The molecule has 4 rings (SSSR count). The maximum Gasteiger partial charge on any atom is 0.238 e. The summed E-state index contributed by atoms with van der Waals surface area (Å²) in [6, 6.07) is 12.1. The smallest absolute Gasteiger partial charge is 0.238 e. The van der Waals surface area contributed by atoms with Crippen LogP contribution >= 0.6 is 0 Å². The summed E-state index contributed by atoms with van der Waals surface area (Å²) in [7, 11) is 0. The number of benzene rings is 1. The largest absolute Gasteiger partial charge is 0.325 e. The average Bonchev–Trinajstić information content (AvgIpc) is 3.07. The fraction of sp³-hybridized carbons (Fsp3) is 0.409. The van der Waals surface area contributed by atoms with Crippen molar-refractivity contribution in [2.75, 3.05) is 25.0 Å². The number of aromatic nitrogens is 3. The molecule has 0 radical (unpaired) electrons. The Labute approximate surface area is 165 Å². The third kappa shape index (κ3) is 4.22. The van der Waals surface area contributed by atoms with E-state index in [0.717, 1.165) is 55.1 Å². The molecule has 0 aliphatic carbocycles. The molecule has 3 aromatic rings. The summed E-state index contributed by atoms with van der Waals surface area (Å²) in [6.07, 6.45) is 5.18. The van der Waals surface area contributed by atoms with E-state index in [9.17, 15) is 4.79 Å². The van der Waals surface area contributed by atoms with Crippen molar-refractivity contribution >= 4 is 17.2 Å². The van der Waals surface area contributed by atoms with Gasteiger partial charge in [0.25, 0.3) is 0 Å². The molecule has 1 aliphatic heterocycles. The number of carbonyl (C=O) groups is 1. The van der Waals surface area contributed by atoms with E-state index < -0.39 is 0 Å². The first-order valence-electron chi connectivity index (χ1n) is 9.96. The summed E-state index contributed by atoms with van der Waals surface area (Å²) in [6.45, 7) is 6.41. The van der Waals surface area contributed by atoms with Gasteiger partial charge in [0, 0.05) is 24.8 Å². The van der Waals surface area contributed by atoms with E-state index in [1.807, 2.05) is 43.5 Å². The zero-order valence-corrected chi connectivity index (χ0v) is 16.6. The molecule has 1 amide bonds. The van der Waals surface area contributed by atoms with Crippen molar-refractivity contribution in [2.45, 2.75) is 33.1 Å². The van der Waals surface area contributed by atoms with Crippen LogP contribution in [0, 0.1) is 19.8 Å². The van der Waals surface area contributed by atoms with E-state index in [4.69, 9.17) is 0 Å². The van der Waals surface area contributed by atoms with Crippen molar-refractivity contribution in [1.82, 2.24) is 19.5 Å². The van der Waals surface area contributed by atoms with Gasteiger partial charge >= 0.3 is 0 Å². The molecule has 1 atom stereocenters. The molecule has 146 valence electrons. The Balaban J connectivity index is 1.35. The van der Waals surface area contributed by atoms with Crippen molar-refractivity contribution in [1.29, 1.82) is 0 Å². The summed E-state index contributed by atoms with van der Waals surface area (Å²) in [5, 5.41) is 11.7. The molecule has 1 saturated heterocycles. The Morgan fingerprint density at radius 1 is 1.21 bits per heavy atom. The van der Waals surface area contributed by atoms with Crippen molar-refractivity contribution in [3.63, 3.8) is 0 Å². The number of pyridine rings is 1. The van der Waals surface area contributed by atoms with Gasteiger partial charge in [0.05, 0.1) is 6.54 Å². The zero-order chi connectivity index (χ0) is 19.5. The van der Waals surface area contributed by atoms with Crippen LogP contribution in [0.15, 0.2) is 42.6 Å². The van der Waals surface area contributed by atoms with Crippen LogP contribution in [-0.4, -0.2) is 45.0 Å². The highest BCUT2D eigenvalue weighted by Gasteiger charge is 2.23. The first-order valence-corrected chi connectivity index (χ1v) is 9.96. The molecule has 0 unspecified atom stereocenters. The van der Waals surface area contributed by atoms with Crippen LogP contribution in [-0.2, 0) is 11.2 Å². The highest BCUT2D eigenvalue weighted by molar-refractivity contribution is 5.93. The van der Waals surface area contributed by atoms with Crippen molar-refractivity contribution < 1.29 is 4.79 Å². The van der Waals surface area contributed by atoms with Gasteiger partial charge in [-0.3, -0.25) is 14.1 Å². The Bertz CT molecular complexity index is 980. The number of fused-ring (bicyclic) bond motifs is 1. The van der Waals surface area contributed by atoms with E-state index in [0.29, 0.717) is 12.5 Å². The lowest BCUT2D eigenvalue weighted by atomic mass is 9.94. The number of nitrogens with zero attached hydrogens (tertiary/aromatic N) is 4. The number of aryl methyl sites for hydroxylation is 2. The summed E-state index contributed by atoms with van der Waals surface area (Å²) >= 11 is 0. The highest BCUT2D eigenvalue weighted by Crippen LogP contribution is 2.21. The van der Waals surface area contributed by atoms with E-state index in [1.165, 1.54) is 5.56 Å². The maximum atomic E-state index is 12.5. The molecule has 0 spiro atoms. The van der Waals surface area contributed by atoms with Crippen LogP contribution in [0.2, 0.25) is 0 Å². The molecule has 0 bridgehead atoms. The number of rotatable bonds is 5. The van der Waals surface area contributed by atoms with Crippen LogP contribution in [0.25, 0.3) is 5.65 Å². The number of piperidine rings is 1. The van der Waals surface area contributed by atoms with Crippen LogP contribution in [0.4, 0.5) is 5.69 Å². The summed E-state index contributed by atoms with van der Waals surface area (Å²) in [5.41, 5.74) is 4.09. The van der Waals surface area contributed by atoms with Gasteiger partial charge in [0.1, 0.15) is 5.82 Å². The van der Waals surface area contributed by atoms with Crippen molar-refractivity contribution in [2.24, 2.45) is 5.92 Å². The Hall–Kier alpha value is -2.73. The molecule has 1 aromatic carbocycles. The van der Waals surface area contributed by atoms with Gasteiger partial charge in [-0.1, -0.05) is 23.8 Å². The Kier molecular flexibility index (Phi) is 5.39. The minimum Gasteiger partial charge on any atom is -0.325 e. The summed E-state index contributed by atoms with van der Waals surface area (Å²) in [4.78, 5) is 14.8. The molecular weight excluding hydrogens is 350 g/mol. The maximum absolute atomic E-state index is 12.5. The number of hydrogen-bond donors (Lipinski definition) is 1. The lowest BCUT2D eigenvalue weighted by Gasteiger charge is -2.32. The standard InChI is InChI=1S/C22H27N5O/c1-16-8-9-19(17(2)12-16)23-22(28)15-26-10-5-6-18(14-26)13-21-25-24-20-7-3-4-11-27(20)21/h3-4,7-9,11-12,18H,5-6,10,13-15H2,1-2H3,(H,23,28)/t18-/m1/s1. The van der Waals surface area contributed by atoms with E-state index in [-0.39, 0.29) is 5.91 Å². The Morgan fingerprint density at radius 2 is 2.11 bits per heavy atom. The predicted octanol–water partition coefficient (Wildman–Crippen LogP) is 3.24. The lowest BCUT2D eigenvalue weighted by molar-refractivity contribution is -0.117. The van der Waals surface area contributed by atoms with Crippen LogP contribution in [0.3, 0.4) is 0 Å². The minimum atomic E-state index is 0.0560. The quantitative estimate of drug-likeness (QED) is 0.741. The number of anilines is 1. The summed E-state index contributed by atoms with van der Waals surface area (Å²) in [5.74, 6) is 1.55. The molecule has 6 nitrogen and oxygen atoms in total. The molecule has 2 aromatic heterocycles. The monoisotopic (exact) mass is 377 g/mol. The predicted molar refractivity (Wildman–Crippen MR) is 110 cm³/mol. The van der Waals surface area contributed by atoms with Crippen LogP contribution in [0.1, 0.15) is 29.8 Å². The number of carbonyl (C=O) groups excluding carboxylic acids is 1. The van der Waals surface area contributed by atoms with Crippen LogP contribution in [0.5, 0.6) is 0 Å². The second kappa shape index (κ2) is 8.10. The molecule has 6 heteroatoms. The van der Waals surface area contributed by atoms with E-state index in [1.54, 1.807) is 0 Å². The molecule has 28 heavy (non-hydrogen) atoms. The molecule has 1 aliphatic rings. The average molecular weight is 377 g/mol. The van der Waals surface area contributed by atoms with Gasteiger partial charge < -0.3 is 5.32 Å². The van der Waals surface area contributed by atoms with Gasteiger partial charge in [-0.05, 0) is 62.9 Å². The SMILES string of the molecule is Cc1ccc(NC(=O)CN2CCC[C@H](Cc3nnc4ccccn34)C2)c(C)c1. The second-order valence-corrected chi connectivity index (χ2v) is 7.86. The van der Waals surface area contributed by atoms with E-state index >= 15 is 0 Å². The van der Waals surface area contributed by atoms with Gasteiger partial charge in [0.2, 0.25) is 5.91 Å². The van der Waals surface area contributed by atoms with E-state index in [2.05, 4.69) is 37.8 Å². The third-order valence-electron chi connectivity index (χ3n) is 5.48. The number of amides is 1. The second-order valence-electron chi connectivity index (χ2n) is 7.86. The number of hydrogen-bond acceptors (Lipinski definition) is 4. The zero-order valence-electron chi connectivity index (χ0n) is 16.6. The molecular formula is C22H27N5O. The van der Waals surface area contributed by atoms with Crippen molar-refractivity contribution in [3.05, 3.63) is 59.5 Å². The van der Waals surface area contributed by atoms with Gasteiger partial charge in [-0.25, -0.2) is 0 Å². The molecule has 1 fully saturated rings. The number of nitrogens with one attached hydrogen (secondary N) is 1. The first kappa shape index (κ1) is 18.6. The topological polar surface area (TPSA) is 62.5 Å². The van der Waals surface area contributed by atoms with Gasteiger partial charge in [-0.15, -0.1) is 10.2 Å². The molecule has 3 heterocycles. The fourth-order valence-corrected chi connectivity index (χ4v) is 4.10. The van der Waals surface area contributed by atoms with Gasteiger partial charge in [0.15, 0.2) is 5.65 Å². The fourth-order valence-electron chi connectivity index (χ4n) is 4.10. The third-order valence-corrected chi connectivity index (χ3v) is 5.48. The molecule has 1 N–H and O–H groups in total. The minimum absolute atomic E-state index is 0.0560. The normalized spacial score (nSPS) is 17.7. The Morgan fingerprint density at radius 3 is 2.96 bits per heavy atom. The van der Waals surface area contributed by atoms with Gasteiger partial charge in [-0.2, -0.15) is 0 Å². The molecule has 0 saturated carbocycles. The lowest BCUT2D eigenvalue weighted by Crippen LogP contribution is -2.41. The van der Waals surface area contributed by atoms with Crippen LogP contribution < -0.4 is 5.32 Å². The number of likely N-dealkylation sites (tertiary alicyclic amines) is 1. The summed E-state index contributed by atoms with van der Waals surface area (Å²) < 4.78 is 2.06. The first-order chi connectivity index (χ1) is 13.6. The van der Waals surface area contributed by atoms with Crippen molar-refractivity contribution in [3.8, 4) is 0 Å². The highest BCUT2D eigenvalue weighted by atomic mass is 16.2.